The van der Waals surface area contributed by atoms with Crippen LogP contribution in [0.5, 0.6) is 0 Å². The number of hydrogen-bond acceptors (Lipinski definition) is 0. The minimum Gasteiger partial charge on any atom is -0.232 e. The smallest absolute Gasteiger partial charge is 0.232 e. The van der Waals surface area contributed by atoms with Gasteiger partial charge in [-0.1, -0.05) is 12.1 Å². The predicted octanol–water partition coefficient (Wildman–Crippen LogP) is 3.22. The number of rotatable bonds is 0. The lowest BCUT2D eigenvalue weighted by molar-refractivity contribution is -0.644. The topological polar surface area (TPSA) is 17.6 Å². The molecule has 0 amide bonds. The van der Waals surface area contributed by atoms with E-state index in [1.807, 2.05) is 0 Å². The molecule has 6 aromatic rings. The Morgan fingerprint density at radius 3 is 1.46 bits per heavy atom. The molecule has 0 bridgehead atoms. The molecule has 4 aromatic carbocycles. The molecule has 126 valence electrons. The average Bonchev–Trinajstić information content (AvgIpc) is 3.10. The van der Waals surface area contributed by atoms with Crippen molar-refractivity contribution in [1.82, 2.24) is 9.13 Å². The Hall–Kier alpha value is -3.14. The second-order valence-electron chi connectivity index (χ2n) is 7.53. The summed E-state index contributed by atoms with van der Waals surface area (Å²) in [5, 5.41) is 8.07. The molecule has 0 aliphatic heterocycles. The Balaban J connectivity index is 2.16. The fraction of sp³-hybridized carbons (Fsp3) is 0.182. The van der Waals surface area contributed by atoms with Crippen LogP contribution in [0.15, 0.2) is 49.1 Å². The molecule has 2 heterocycles. The van der Waals surface area contributed by atoms with Gasteiger partial charge in [0.05, 0.1) is 28.2 Å². The lowest BCUT2D eigenvalue weighted by Gasteiger charge is -2.11. The zero-order valence-corrected chi connectivity index (χ0v) is 15.4. The van der Waals surface area contributed by atoms with Crippen LogP contribution < -0.4 is 9.13 Å². The summed E-state index contributed by atoms with van der Waals surface area (Å²) in [4.78, 5) is 0. The van der Waals surface area contributed by atoms with E-state index in [0.29, 0.717) is 0 Å². The summed E-state index contributed by atoms with van der Waals surface area (Å²) in [6, 6.07) is 13.5. The van der Waals surface area contributed by atoms with Crippen molar-refractivity contribution in [1.29, 1.82) is 0 Å². The summed E-state index contributed by atoms with van der Waals surface area (Å²) < 4.78 is 9.00. The van der Waals surface area contributed by atoms with Gasteiger partial charge in [-0.25, -0.2) is 18.3 Å². The number of fused-ring (bicyclic) bond motifs is 6. The summed E-state index contributed by atoms with van der Waals surface area (Å²) in [5.74, 6) is 0. The molecule has 0 N–H and O–H groups in total. The molecule has 0 spiro atoms. The van der Waals surface area contributed by atoms with E-state index in [0.717, 1.165) is 0 Å². The molecular weight excluding hydrogens is 320 g/mol. The Morgan fingerprint density at radius 2 is 1.00 bits per heavy atom. The molecule has 0 radical (unpaired) electrons. The van der Waals surface area contributed by atoms with Crippen LogP contribution in [0.4, 0.5) is 0 Å². The number of nitrogens with zero attached hydrogens (tertiary/aromatic N) is 4. The molecule has 2 aromatic heterocycles. The fourth-order valence-corrected chi connectivity index (χ4v) is 5.12. The first-order valence-corrected chi connectivity index (χ1v) is 8.95. The molecule has 0 aliphatic rings. The Bertz CT molecular complexity index is 1300. The molecule has 0 unspecified atom stereocenters. The molecule has 4 nitrogen and oxygen atoms in total. The first-order valence-electron chi connectivity index (χ1n) is 8.95. The van der Waals surface area contributed by atoms with Crippen LogP contribution in [-0.4, -0.2) is 9.13 Å². The van der Waals surface area contributed by atoms with E-state index in [4.69, 9.17) is 0 Å². The van der Waals surface area contributed by atoms with Crippen LogP contribution in [0.2, 0.25) is 0 Å². The number of imidazole rings is 2. The first-order chi connectivity index (χ1) is 12.6. The van der Waals surface area contributed by atoms with Crippen molar-refractivity contribution in [2.24, 2.45) is 28.2 Å². The zero-order valence-electron chi connectivity index (χ0n) is 15.4. The Kier molecular flexibility index (Phi) is 2.34. The van der Waals surface area contributed by atoms with Gasteiger partial charge >= 0.3 is 0 Å². The maximum atomic E-state index is 2.27. The van der Waals surface area contributed by atoms with E-state index in [1.165, 1.54) is 54.4 Å². The Morgan fingerprint density at radius 1 is 0.615 bits per heavy atom. The standard InChI is InChI=1S/C22H20N4/c1-23-11-24(2)20-14-8-6-10-16-18(14)17-13(19(20)23)7-5-9-15(17)21-22(16)26(4)12-25(21)3/h5-12H,1-4H3/q+2. The van der Waals surface area contributed by atoms with Crippen LogP contribution >= 0.6 is 0 Å². The monoisotopic (exact) mass is 340 g/mol. The number of benzene rings is 4. The van der Waals surface area contributed by atoms with Gasteiger partial charge in [-0.15, -0.1) is 0 Å². The highest BCUT2D eigenvalue weighted by Crippen LogP contribution is 2.42. The minimum atomic E-state index is 1.30. The van der Waals surface area contributed by atoms with Gasteiger partial charge in [0.15, 0.2) is 22.1 Å². The summed E-state index contributed by atoms with van der Waals surface area (Å²) in [7, 11) is 8.57. The van der Waals surface area contributed by atoms with Gasteiger partial charge in [0.25, 0.3) is 0 Å². The van der Waals surface area contributed by atoms with E-state index in [2.05, 4.69) is 95.5 Å². The van der Waals surface area contributed by atoms with E-state index in [9.17, 15) is 0 Å². The molecule has 26 heavy (non-hydrogen) atoms. The third kappa shape index (κ3) is 1.39. The molecule has 0 saturated heterocycles. The average molecular weight is 340 g/mol. The zero-order chi connectivity index (χ0) is 17.7. The van der Waals surface area contributed by atoms with Crippen LogP contribution in [0.3, 0.4) is 0 Å². The van der Waals surface area contributed by atoms with E-state index >= 15 is 0 Å². The molecule has 4 heteroatoms. The van der Waals surface area contributed by atoms with Crippen molar-refractivity contribution in [3.8, 4) is 0 Å². The van der Waals surface area contributed by atoms with Crippen LogP contribution in [0.1, 0.15) is 0 Å². The normalized spacial score (nSPS) is 12.6. The molecule has 0 atom stereocenters. The summed E-state index contributed by atoms with van der Waals surface area (Å²) >= 11 is 0. The van der Waals surface area contributed by atoms with E-state index in [1.54, 1.807) is 0 Å². The second kappa shape index (κ2) is 4.33. The quantitative estimate of drug-likeness (QED) is 0.298. The largest absolute Gasteiger partial charge is 0.244 e. The SMILES string of the molecule is Cn1c[n+](C)c2c3cccc4c3c3c(cccc3c3c4[n+](C)cn3C)c21. The molecule has 0 fully saturated rings. The van der Waals surface area contributed by atoms with Gasteiger partial charge in [0.2, 0.25) is 12.7 Å². The van der Waals surface area contributed by atoms with Crippen molar-refractivity contribution in [3.05, 3.63) is 49.1 Å². The highest BCUT2D eigenvalue weighted by atomic mass is 15.1. The fourth-order valence-electron chi connectivity index (χ4n) is 5.12. The van der Waals surface area contributed by atoms with Crippen LogP contribution in [0.25, 0.3) is 54.4 Å². The second-order valence-corrected chi connectivity index (χ2v) is 7.53. The third-order valence-corrected chi connectivity index (χ3v) is 5.95. The van der Waals surface area contributed by atoms with Crippen molar-refractivity contribution in [3.63, 3.8) is 0 Å². The maximum Gasteiger partial charge on any atom is 0.244 e. The van der Waals surface area contributed by atoms with Crippen molar-refractivity contribution >= 4 is 54.4 Å². The van der Waals surface area contributed by atoms with Gasteiger partial charge in [0, 0.05) is 32.3 Å². The van der Waals surface area contributed by atoms with E-state index in [-0.39, 0.29) is 0 Å². The molecule has 0 saturated carbocycles. The summed E-state index contributed by atoms with van der Waals surface area (Å²) in [6.45, 7) is 0. The highest BCUT2D eigenvalue weighted by Gasteiger charge is 2.26. The van der Waals surface area contributed by atoms with Gasteiger partial charge in [0.1, 0.15) is 0 Å². The van der Waals surface area contributed by atoms with Crippen LogP contribution in [-0.2, 0) is 28.2 Å². The van der Waals surface area contributed by atoms with Gasteiger partial charge in [-0.3, -0.25) is 0 Å². The van der Waals surface area contributed by atoms with Crippen molar-refractivity contribution in [2.75, 3.05) is 0 Å². The van der Waals surface area contributed by atoms with Gasteiger partial charge < -0.3 is 0 Å². The van der Waals surface area contributed by atoms with Gasteiger partial charge in [-0.2, -0.15) is 0 Å². The lowest BCUT2D eigenvalue weighted by atomic mass is 9.91. The summed E-state index contributed by atoms with van der Waals surface area (Å²) in [6.07, 6.45) is 4.35. The minimum absolute atomic E-state index is 1.30. The Labute approximate surface area is 150 Å². The van der Waals surface area contributed by atoms with Gasteiger partial charge in [-0.05, 0) is 24.3 Å². The maximum absolute atomic E-state index is 2.27. The summed E-state index contributed by atoms with van der Waals surface area (Å²) in [5.41, 5.74) is 5.21. The molecule has 6 rings (SSSR count). The molecule has 0 aliphatic carbocycles. The number of aromatic nitrogens is 4. The first kappa shape index (κ1) is 14.1. The van der Waals surface area contributed by atoms with E-state index < -0.39 is 0 Å². The number of aryl methyl sites for hydroxylation is 4. The third-order valence-electron chi connectivity index (χ3n) is 5.95. The molecular formula is C22H20N4+2. The van der Waals surface area contributed by atoms with Crippen molar-refractivity contribution in [2.45, 2.75) is 0 Å². The predicted molar refractivity (Wildman–Crippen MR) is 105 cm³/mol. The van der Waals surface area contributed by atoms with Crippen LogP contribution in [0, 0.1) is 0 Å². The van der Waals surface area contributed by atoms with Crippen molar-refractivity contribution < 1.29 is 9.13 Å². The number of hydrogen-bond donors (Lipinski definition) is 0. The lowest BCUT2D eigenvalue weighted by Crippen LogP contribution is -2.26. The highest BCUT2D eigenvalue weighted by molar-refractivity contribution is 6.37.